The van der Waals surface area contributed by atoms with Gasteiger partial charge in [0.2, 0.25) is 0 Å². The molecule has 0 amide bonds. The largest absolute Gasteiger partial charge is 0.346 e. The maximum atomic E-state index is 12.1. The number of carbonyl (C=O) groups excluding carboxylic acids is 1. The van der Waals surface area contributed by atoms with E-state index in [1.807, 2.05) is 48.7 Å². The second-order valence-electron chi connectivity index (χ2n) is 4.23. The molecule has 1 N–H and O–H groups in total. The molecule has 0 aliphatic rings. The van der Waals surface area contributed by atoms with Crippen LogP contribution in [0.25, 0.3) is 11.0 Å². The van der Waals surface area contributed by atoms with Crippen LogP contribution in [0.5, 0.6) is 0 Å². The van der Waals surface area contributed by atoms with E-state index in [1.165, 1.54) is 0 Å². The molecule has 0 aliphatic carbocycles. The van der Waals surface area contributed by atoms with Crippen molar-refractivity contribution in [2.24, 2.45) is 0 Å². The monoisotopic (exact) mass is 236 g/mol. The number of nitrogens with zero attached hydrogens (tertiary/aromatic N) is 1. The smallest absolute Gasteiger partial charge is 0.167 e. The van der Waals surface area contributed by atoms with Gasteiger partial charge < -0.3 is 4.98 Å². The van der Waals surface area contributed by atoms with E-state index in [9.17, 15) is 4.79 Å². The van der Waals surface area contributed by atoms with Crippen molar-refractivity contribution >= 4 is 16.8 Å². The van der Waals surface area contributed by atoms with Gasteiger partial charge >= 0.3 is 0 Å². The van der Waals surface area contributed by atoms with Crippen LogP contribution < -0.4 is 0 Å². The molecule has 3 rings (SSSR count). The van der Waals surface area contributed by atoms with Crippen LogP contribution in [0, 0.1) is 0 Å². The number of carbonyl (C=O) groups is 1. The highest BCUT2D eigenvalue weighted by atomic mass is 16.1. The Morgan fingerprint density at radius 2 is 2.00 bits per heavy atom. The van der Waals surface area contributed by atoms with Crippen molar-refractivity contribution in [2.45, 2.75) is 6.42 Å². The molecule has 0 saturated heterocycles. The fourth-order valence-corrected chi connectivity index (χ4v) is 1.99. The molecule has 0 spiro atoms. The number of fused-ring (bicyclic) bond motifs is 1. The maximum absolute atomic E-state index is 12.1. The zero-order chi connectivity index (χ0) is 12.4. The number of nitrogens with one attached hydrogen (secondary N) is 1. The minimum absolute atomic E-state index is 0.118. The van der Waals surface area contributed by atoms with Crippen LogP contribution in [0.3, 0.4) is 0 Å². The summed E-state index contributed by atoms with van der Waals surface area (Å²) in [4.78, 5) is 19.4. The van der Waals surface area contributed by atoms with E-state index >= 15 is 0 Å². The summed E-state index contributed by atoms with van der Waals surface area (Å²) in [5.74, 6) is 0.118. The molecule has 3 aromatic rings. The van der Waals surface area contributed by atoms with E-state index in [2.05, 4.69) is 9.97 Å². The van der Waals surface area contributed by atoms with Crippen LogP contribution >= 0.6 is 0 Å². The zero-order valence-corrected chi connectivity index (χ0v) is 9.76. The van der Waals surface area contributed by atoms with Crippen LogP contribution in [-0.4, -0.2) is 15.8 Å². The molecule has 0 bridgehead atoms. The molecule has 0 atom stereocenters. The lowest BCUT2D eigenvalue weighted by Crippen LogP contribution is -2.03. The standard InChI is InChI=1S/C15H12N2O/c18-14(12-4-2-1-3-5-12)9-11-8-13-6-7-16-15(13)17-10-11/h1-8,10H,9H2,(H,16,17). The molecule has 3 nitrogen and oxygen atoms in total. The van der Waals surface area contributed by atoms with Gasteiger partial charge in [0, 0.05) is 29.8 Å². The summed E-state index contributed by atoms with van der Waals surface area (Å²) in [5.41, 5.74) is 2.54. The fraction of sp³-hybridized carbons (Fsp3) is 0.0667. The zero-order valence-electron chi connectivity index (χ0n) is 9.76. The molecular weight excluding hydrogens is 224 g/mol. The summed E-state index contributed by atoms with van der Waals surface area (Å²) in [5, 5.41) is 1.04. The van der Waals surface area contributed by atoms with Gasteiger partial charge in [0.1, 0.15) is 5.65 Å². The second-order valence-corrected chi connectivity index (χ2v) is 4.23. The molecule has 0 fully saturated rings. The van der Waals surface area contributed by atoms with Crippen LogP contribution in [0.4, 0.5) is 0 Å². The Balaban J connectivity index is 1.86. The summed E-state index contributed by atoms with van der Waals surface area (Å²) in [6.07, 6.45) is 3.98. The first kappa shape index (κ1) is 10.7. The molecule has 0 radical (unpaired) electrons. The summed E-state index contributed by atoms with van der Waals surface area (Å²) < 4.78 is 0. The molecule has 0 unspecified atom stereocenters. The Morgan fingerprint density at radius 3 is 2.83 bits per heavy atom. The summed E-state index contributed by atoms with van der Waals surface area (Å²) in [6.45, 7) is 0. The van der Waals surface area contributed by atoms with Gasteiger partial charge in [0.25, 0.3) is 0 Å². The highest BCUT2D eigenvalue weighted by Gasteiger charge is 2.07. The predicted molar refractivity (Wildman–Crippen MR) is 70.6 cm³/mol. The molecule has 0 saturated carbocycles. The van der Waals surface area contributed by atoms with E-state index in [1.54, 1.807) is 6.20 Å². The SMILES string of the molecule is O=C(Cc1cnc2[nH]ccc2c1)c1ccccc1. The highest BCUT2D eigenvalue weighted by molar-refractivity contribution is 5.97. The molecule has 2 aromatic heterocycles. The molecule has 2 heterocycles. The van der Waals surface area contributed by atoms with Gasteiger partial charge in [-0.25, -0.2) is 4.98 Å². The van der Waals surface area contributed by atoms with Gasteiger partial charge in [-0.1, -0.05) is 30.3 Å². The fourth-order valence-electron chi connectivity index (χ4n) is 1.99. The number of aromatic nitrogens is 2. The number of H-pyrrole nitrogens is 1. The van der Waals surface area contributed by atoms with E-state index in [0.717, 1.165) is 22.2 Å². The minimum Gasteiger partial charge on any atom is -0.346 e. The number of hydrogen-bond donors (Lipinski definition) is 1. The van der Waals surface area contributed by atoms with E-state index in [4.69, 9.17) is 0 Å². The number of ketones is 1. The Labute approximate surface area is 104 Å². The highest BCUT2D eigenvalue weighted by Crippen LogP contribution is 2.13. The van der Waals surface area contributed by atoms with Crippen molar-refractivity contribution < 1.29 is 4.79 Å². The quantitative estimate of drug-likeness (QED) is 0.710. The van der Waals surface area contributed by atoms with Crippen molar-refractivity contribution in [2.75, 3.05) is 0 Å². The number of Topliss-reactive ketones (excluding diaryl/α,β-unsaturated/α-hetero) is 1. The van der Waals surface area contributed by atoms with Crippen LogP contribution in [0.1, 0.15) is 15.9 Å². The number of rotatable bonds is 3. The third-order valence-electron chi connectivity index (χ3n) is 2.92. The average molecular weight is 236 g/mol. The lowest BCUT2D eigenvalue weighted by Gasteiger charge is -2.01. The van der Waals surface area contributed by atoms with E-state index < -0.39 is 0 Å². The molecule has 1 aromatic carbocycles. The Hall–Kier alpha value is -2.42. The van der Waals surface area contributed by atoms with Gasteiger partial charge in [0.05, 0.1) is 0 Å². The first-order chi connectivity index (χ1) is 8.83. The first-order valence-electron chi connectivity index (χ1n) is 5.83. The lowest BCUT2D eigenvalue weighted by atomic mass is 10.0. The van der Waals surface area contributed by atoms with Gasteiger partial charge in [-0.3, -0.25) is 4.79 Å². The minimum atomic E-state index is 0.118. The van der Waals surface area contributed by atoms with Gasteiger partial charge in [-0.15, -0.1) is 0 Å². The van der Waals surface area contributed by atoms with Gasteiger partial charge in [-0.2, -0.15) is 0 Å². The average Bonchev–Trinajstić information content (AvgIpc) is 2.87. The van der Waals surface area contributed by atoms with Gasteiger partial charge in [0.15, 0.2) is 5.78 Å². The number of hydrogen-bond acceptors (Lipinski definition) is 2. The maximum Gasteiger partial charge on any atom is 0.167 e. The van der Waals surface area contributed by atoms with Crippen LogP contribution in [0.15, 0.2) is 54.9 Å². The molecule has 88 valence electrons. The van der Waals surface area contributed by atoms with Crippen LogP contribution in [0.2, 0.25) is 0 Å². The Morgan fingerprint density at radius 1 is 1.17 bits per heavy atom. The first-order valence-corrected chi connectivity index (χ1v) is 5.83. The summed E-state index contributed by atoms with van der Waals surface area (Å²) in [7, 11) is 0. The van der Waals surface area contributed by atoms with Crippen molar-refractivity contribution in [3.05, 3.63) is 66.0 Å². The third-order valence-corrected chi connectivity index (χ3v) is 2.92. The van der Waals surface area contributed by atoms with Crippen molar-refractivity contribution in [1.82, 2.24) is 9.97 Å². The Bertz CT molecular complexity index is 686. The normalized spacial score (nSPS) is 10.7. The molecular formula is C15H12N2O. The van der Waals surface area contributed by atoms with Gasteiger partial charge in [-0.05, 0) is 17.7 Å². The predicted octanol–water partition coefficient (Wildman–Crippen LogP) is 2.99. The molecule has 0 aliphatic heterocycles. The van der Waals surface area contributed by atoms with E-state index in [0.29, 0.717) is 6.42 Å². The van der Waals surface area contributed by atoms with Crippen molar-refractivity contribution in [1.29, 1.82) is 0 Å². The summed E-state index contributed by atoms with van der Waals surface area (Å²) in [6, 6.07) is 13.3. The summed E-state index contributed by atoms with van der Waals surface area (Å²) >= 11 is 0. The lowest BCUT2D eigenvalue weighted by molar-refractivity contribution is 0.0993. The molecule has 18 heavy (non-hydrogen) atoms. The van der Waals surface area contributed by atoms with E-state index in [-0.39, 0.29) is 5.78 Å². The Kier molecular flexibility index (Phi) is 2.65. The third kappa shape index (κ3) is 2.02. The van der Waals surface area contributed by atoms with Crippen molar-refractivity contribution in [3.63, 3.8) is 0 Å². The number of pyridine rings is 1. The van der Waals surface area contributed by atoms with Crippen LogP contribution in [-0.2, 0) is 6.42 Å². The number of benzene rings is 1. The van der Waals surface area contributed by atoms with Crippen molar-refractivity contribution in [3.8, 4) is 0 Å². The topological polar surface area (TPSA) is 45.8 Å². The molecule has 3 heteroatoms. The number of aromatic amines is 1. The second kappa shape index (κ2) is 4.45.